The number of amides is 1. The van der Waals surface area contributed by atoms with Crippen molar-refractivity contribution in [3.63, 3.8) is 0 Å². The Morgan fingerprint density at radius 3 is 2.77 bits per heavy atom. The van der Waals surface area contributed by atoms with Gasteiger partial charge in [-0.05, 0) is 30.3 Å². The first-order valence-electron chi connectivity index (χ1n) is 7.19. The van der Waals surface area contributed by atoms with E-state index in [0.717, 1.165) is 34.6 Å². The number of benzene rings is 2. The third-order valence-corrected chi connectivity index (χ3v) is 4.06. The molecule has 0 bridgehead atoms. The van der Waals surface area contributed by atoms with E-state index in [1.54, 1.807) is 0 Å². The number of nitrogens with one attached hydrogen (secondary N) is 1. The summed E-state index contributed by atoms with van der Waals surface area (Å²) in [6, 6.07) is 15.5. The minimum absolute atomic E-state index is 0.0123. The number of hydrogen-bond donors (Lipinski definition) is 1. The van der Waals surface area contributed by atoms with Crippen LogP contribution in [0.1, 0.15) is 5.56 Å². The minimum atomic E-state index is -0.0123. The zero-order chi connectivity index (χ0) is 15.4. The van der Waals surface area contributed by atoms with E-state index in [4.69, 9.17) is 4.74 Å². The van der Waals surface area contributed by atoms with Gasteiger partial charge in [-0.15, -0.1) is 0 Å². The van der Waals surface area contributed by atoms with Gasteiger partial charge in [0.25, 0.3) is 0 Å². The molecule has 1 N–H and O–H groups in total. The number of carbonyl (C=O) groups is 1. The molecule has 0 unspecified atom stereocenters. The van der Waals surface area contributed by atoms with E-state index < -0.39 is 0 Å². The van der Waals surface area contributed by atoms with Crippen LogP contribution in [0.5, 0.6) is 5.75 Å². The van der Waals surface area contributed by atoms with E-state index >= 15 is 0 Å². The van der Waals surface area contributed by atoms with Gasteiger partial charge in [0.2, 0.25) is 5.91 Å². The van der Waals surface area contributed by atoms with E-state index in [2.05, 4.69) is 26.1 Å². The highest BCUT2D eigenvalue weighted by atomic mass is 79.9. The molecular weight excluding hydrogens is 344 g/mol. The van der Waals surface area contributed by atoms with Crippen LogP contribution in [0, 0.1) is 0 Å². The molecule has 22 heavy (non-hydrogen) atoms. The van der Waals surface area contributed by atoms with E-state index in [1.807, 2.05) is 48.5 Å². The lowest BCUT2D eigenvalue weighted by Crippen LogP contribution is -2.34. The number of anilines is 1. The van der Waals surface area contributed by atoms with Crippen LogP contribution in [0.4, 0.5) is 5.69 Å². The van der Waals surface area contributed by atoms with Crippen molar-refractivity contribution in [2.75, 3.05) is 25.0 Å². The first-order chi connectivity index (χ1) is 10.7. The maximum absolute atomic E-state index is 12.2. The summed E-state index contributed by atoms with van der Waals surface area (Å²) in [6.45, 7) is 2.42. The molecule has 0 saturated heterocycles. The van der Waals surface area contributed by atoms with Crippen molar-refractivity contribution < 1.29 is 9.53 Å². The fourth-order valence-electron chi connectivity index (χ4n) is 2.45. The number of fused-ring (bicyclic) bond motifs is 1. The minimum Gasteiger partial charge on any atom is -0.492 e. The molecule has 2 aromatic rings. The first-order valence-corrected chi connectivity index (χ1v) is 7.98. The summed E-state index contributed by atoms with van der Waals surface area (Å²) in [5.74, 6) is 0.903. The number of rotatable bonds is 3. The highest BCUT2D eigenvalue weighted by Crippen LogP contribution is 2.22. The van der Waals surface area contributed by atoms with Gasteiger partial charge in [0, 0.05) is 28.8 Å². The van der Waals surface area contributed by atoms with Gasteiger partial charge in [0.1, 0.15) is 12.4 Å². The highest BCUT2D eigenvalue weighted by molar-refractivity contribution is 9.10. The zero-order valence-electron chi connectivity index (χ0n) is 12.1. The van der Waals surface area contributed by atoms with E-state index in [9.17, 15) is 4.79 Å². The number of nitrogens with zero attached hydrogens (tertiary/aromatic N) is 1. The fraction of sp³-hybridized carbons (Fsp3) is 0.235. The molecule has 1 aliphatic rings. The van der Waals surface area contributed by atoms with Gasteiger partial charge in [0.05, 0.1) is 6.54 Å². The number of carbonyl (C=O) groups excluding carboxylic acids is 1. The molecule has 3 rings (SSSR count). The second-order valence-electron chi connectivity index (χ2n) is 5.22. The molecule has 1 aliphatic heterocycles. The van der Waals surface area contributed by atoms with Gasteiger partial charge < -0.3 is 10.1 Å². The predicted molar refractivity (Wildman–Crippen MR) is 90.0 cm³/mol. The number of para-hydroxylation sites is 1. The van der Waals surface area contributed by atoms with Crippen LogP contribution in [-0.2, 0) is 11.3 Å². The second-order valence-corrected chi connectivity index (χ2v) is 6.14. The Morgan fingerprint density at radius 1 is 1.18 bits per heavy atom. The van der Waals surface area contributed by atoms with Crippen LogP contribution in [0.3, 0.4) is 0 Å². The molecule has 0 radical (unpaired) electrons. The summed E-state index contributed by atoms with van der Waals surface area (Å²) >= 11 is 3.38. The van der Waals surface area contributed by atoms with Crippen molar-refractivity contribution in [3.05, 3.63) is 58.6 Å². The Balaban J connectivity index is 1.61. The molecule has 0 atom stereocenters. The third kappa shape index (κ3) is 3.87. The lowest BCUT2D eigenvalue weighted by Gasteiger charge is -2.18. The highest BCUT2D eigenvalue weighted by Gasteiger charge is 2.17. The lowest BCUT2D eigenvalue weighted by molar-refractivity contribution is -0.117. The average Bonchev–Trinajstić information content (AvgIpc) is 2.71. The molecule has 4 nitrogen and oxygen atoms in total. The Labute approximate surface area is 138 Å². The first kappa shape index (κ1) is 15.1. The maximum Gasteiger partial charge on any atom is 0.238 e. The summed E-state index contributed by atoms with van der Waals surface area (Å²) in [5, 5.41) is 2.92. The molecule has 0 aliphatic carbocycles. The van der Waals surface area contributed by atoms with Crippen molar-refractivity contribution >= 4 is 27.5 Å². The summed E-state index contributed by atoms with van der Waals surface area (Å²) in [4.78, 5) is 14.3. The largest absolute Gasteiger partial charge is 0.492 e. The van der Waals surface area contributed by atoms with Crippen molar-refractivity contribution in [2.45, 2.75) is 6.54 Å². The van der Waals surface area contributed by atoms with Gasteiger partial charge in [-0.1, -0.05) is 34.1 Å². The Bertz CT molecular complexity index is 658. The standard InChI is InChI=1S/C17H17BrN2O2/c18-14-5-7-15(8-6-14)19-17(21)12-20-9-10-22-16-4-2-1-3-13(16)11-20/h1-8H,9-12H2,(H,19,21). The van der Waals surface area contributed by atoms with Crippen molar-refractivity contribution in [1.29, 1.82) is 0 Å². The van der Waals surface area contributed by atoms with Crippen molar-refractivity contribution in [2.24, 2.45) is 0 Å². The topological polar surface area (TPSA) is 41.6 Å². The van der Waals surface area contributed by atoms with Crippen LogP contribution in [0.25, 0.3) is 0 Å². The Morgan fingerprint density at radius 2 is 1.95 bits per heavy atom. The monoisotopic (exact) mass is 360 g/mol. The van der Waals surface area contributed by atoms with Gasteiger partial charge in [0.15, 0.2) is 0 Å². The summed E-state index contributed by atoms with van der Waals surface area (Å²) in [5.41, 5.74) is 1.93. The molecule has 0 saturated carbocycles. The Kier molecular flexibility index (Phi) is 4.75. The molecule has 0 spiro atoms. The van der Waals surface area contributed by atoms with Crippen LogP contribution in [0.15, 0.2) is 53.0 Å². The normalized spacial score (nSPS) is 14.6. The van der Waals surface area contributed by atoms with E-state index in [0.29, 0.717) is 13.2 Å². The molecule has 114 valence electrons. The SMILES string of the molecule is O=C(CN1CCOc2ccccc2C1)Nc1ccc(Br)cc1. The number of ether oxygens (including phenoxy) is 1. The van der Waals surface area contributed by atoms with Crippen LogP contribution in [0.2, 0.25) is 0 Å². The quantitative estimate of drug-likeness (QED) is 0.912. The number of halogens is 1. The molecule has 2 aromatic carbocycles. The van der Waals surface area contributed by atoms with Crippen LogP contribution < -0.4 is 10.1 Å². The van der Waals surface area contributed by atoms with Crippen molar-refractivity contribution in [3.8, 4) is 5.75 Å². The zero-order valence-corrected chi connectivity index (χ0v) is 13.7. The van der Waals surface area contributed by atoms with Gasteiger partial charge >= 0.3 is 0 Å². The lowest BCUT2D eigenvalue weighted by atomic mass is 10.2. The summed E-state index contributed by atoms with van der Waals surface area (Å²) in [6.07, 6.45) is 0. The molecule has 1 amide bonds. The summed E-state index contributed by atoms with van der Waals surface area (Å²) < 4.78 is 6.71. The third-order valence-electron chi connectivity index (χ3n) is 3.53. The van der Waals surface area contributed by atoms with E-state index in [-0.39, 0.29) is 5.91 Å². The molecule has 1 heterocycles. The summed E-state index contributed by atoms with van der Waals surface area (Å²) in [7, 11) is 0. The van der Waals surface area contributed by atoms with E-state index in [1.165, 1.54) is 0 Å². The number of hydrogen-bond acceptors (Lipinski definition) is 3. The Hall–Kier alpha value is -1.85. The van der Waals surface area contributed by atoms with Crippen LogP contribution >= 0.6 is 15.9 Å². The van der Waals surface area contributed by atoms with Crippen molar-refractivity contribution in [1.82, 2.24) is 4.90 Å². The predicted octanol–water partition coefficient (Wildman–Crippen LogP) is 3.28. The molecule has 0 fully saturated rings. The molecule has 5 heteroatoms. The van der Waals surface area contributed by atoms with Gasteiger partial charge in [-0.3, -0.25) is 9.69 Å². The average molecular weight is 361 g/mol. The fourth-order valence-corrected chi connectivity index (χ4v) is 2.72. The smallest absolute Gasteiger partial charge is 0.238 e. The second kappa shape index (κ2) is 6.94. The van der Waals surface area contributed by atoms with Crippen LogP contribution in [-0.4, -0.2) is 30.5 Å². The molecular formula is C17H17BrN2O2. The van der Waals surface area contributed by atoms with Gasteiger partial charge in [-0.25, -0.2) is 0 Å². The maximum atomic E-state index is 12.2. The van der Waals surface area contributed by atoms with Gasteiger partial charge in [-0.2, -0.15) is 0 Å². The molecule has 0 aromatic heterocycles.